The van der Waals surface area contributed by atoms with Crippen molar-refractivity contribution in [3.05, 3.63) is 35.4 Å². The molecule has 0 bridgehead atoms. The summed E-state index contributed by atoms with van der Waals surface area (Å²) < 4.78 is 11.2. The van der Waals surface area contributed by atoms with Crippen LogP contribution in [0.5, 0.6) is 0 Å². The second-order valence-electron chi connectivity index (χ2n) is 7.25. The molecule has 2 aliphatic heterocycles. The number of aliphatic imine (C=N–C) groups is 1. The van der Waals surface area contributed by atoms with Gasteiger partial charge in [0, 0.05) is 52.9 Å². The van der Waals surface area contributed by atoms with Crippen molar-refractivity contribution in [2.75, 3.05) is 53.0 Å². The van der Waals surface area contributed by atoms with Gasteiger partial charge in [-0.15, -0.1) is 0 Å². The molecule has 2 saturated heterocycles. The van der Waals surface area contributed by atoms with Gasteiger partial charge >= 0.3 is 0 Å². The van der Waals surface area contributed by atoms with Crippen molar-refractivity contribution in [2.24, 2.45) is 4.99 Å². The third-order valence-electron chi connectivity index (χ3n) is 5.31. The number of hydrogen-bond acceptors (Lipinski definition) is 4. The highest BCUT2D eigenvalue weighted by Crippen LogP contribution is 2.14. The first-order valence-corrected chi connectivity index (χ1v) is 10.2. The van der Waals surface area contributed by atoms with Crippen LogP contribution in [0.2, 0.25) is 0 Å². The molecule has 1 aromatic carbocycles. The molecule has 0 spiro atoms. The maximum Gasteiger partial charge on any atom is 0.193 e. The fourth-order valence-electron chi connectivity index (χ4n) is 3.84. The molecule has 0 saturated carbocycles. The number of benzene rings is 1. The Hall–Kier alpha value is -1.63. The van der Waals surface area contributed by atoms with Crippen LogP contribution in [0.25, 0.3) is 0 Å². The molecule has 0 unspecified atom stereocenters. The summed E-state index contributed by atoms with van der Waals surface area (Å²) in [4.78, 5) is 9.28. The van der Waals surface area contributed by atoms with E-state index in [9.17, 15) is 0 Å². The summed E-state index contributed by atoms with van der Waals surface area (Å²) in [7, 11) is 1.87. The number of likely N-dealkylation sites (tertiary alicyclic amines) is 1. The lowest BCUT2D eigenvalue weighted by Crippen LogP contribution is -2.46. The Morgan fingerprint density at radius 2 is 1.93 bits per heavy atom. The monoisotopic (exact) mass is 374 g/mol. The molecule has 150 valence electrons. The Bertz CT molecular complexity index is 594. The van der Waals surface area contributed by atoms with Gasteiger partial charge in [0.25, 0.3) is 0 Å². The quantitative estimate of drug-likeness (QED) is 0.610. The van der Waals surface area contributed by atoms with Gasteiger partial charge in [0.15, 0.2) is 5.96 Å². The first kappa shape index (κ1) is 20.1. The first-order valence-electron chi connectivity index (χ1n) is 10.2. The van der Waals surface area contributed by atoms with Crippen molar-refractivity contribution in [3.8, 4) is 0 Å². The van der Waals surface area contributed by atoms with Crippen LogP contribution in [0.1, 0.15) is 30.9 Å². The largest absolute Gasteiger partial charge is 0.379 e. The summed E-state index contributed by atoms with van der Waals surface area (Å²) in [5.74, 6) is 0.989. The molecule has 2 fully saturated rings. The first-order chi connectivity index (χ1) is 13.3. The van der Waals surface area contributed by atoms with E-state index in [1.165, 1.54) is 11.1 Å². The van der Waals surface area contributed by atoms with Gasteiger partial charge < -0.3 is 19.7 Å². The Morgan fingerprint density at radius 3 is 2.63 bits per heavy atom. The summed E-state index contributed by atoms with van der Waals surface area (Å²) in [6.07, 6.45) is 2.55. The summed E-state index contributed by atoms with van der Waals surface area (Å²) >= 11 is 0. The summed E-state index contributed by atoms with van der Waals surface area (Å²) in [6.45, 7) is 10.4. The van der Waals surface area contributed by atoms with Crippen LogP contribution in [-0.2, 0) is 22.6 Å². The summed E-state index contributed by atoms with van der Waals surface area (Å²) in [5.41, 5.74) is 2.66. The lowest BCUT2D eigenvalue weighted by Gasteiger charge is -2.34. The Morgan fingerprint density at radius 1 is 1.19 bits per heavy atom. The lowest BCUT2D eigenvalue weighted by molar-refractivity contribution is 0.0263. The average molecular weight is 375 g/mol. The molecule has 3 rings (SSSR count). The molecule has 0 amide bonds. The Kier molecular flexibility index (Phi) is 7.93. The third-order valence-corrected chi connectivity index (χ3v) is 5.31. The number of morpholine rings is 1. The molecule has 2 heterocycles. The fraction of sp³-hybridized carbons (Fsp3) is 0.667. The van der Waals surface area contributed by atoms with E-state index in [0.717, 1.165) is 77.9 Å². The van der Waals surface area contributed by atoms with Crippen molar-refractivity contribution >= 4 is 5.96 Å². The van der Waals surface area contributed by atoms with Crippen molar-refractivity contribution in [1.29, 1.82) is 0 Å². The molecular weight excluding hydrogens is 340 g/mol. The third kappa shape index (κ3) is 6.19. The number of guanidine groups is 1. The molecule has 0 aromatic heterocycles. The SMILES string of the molecule is CCOC1CCN(C(=NC)NCc2cccc(CN3CCOCC3)c2)CC1. The minimum Gasteiger partial charge on any atom is -0.379 e. The molecule has 1 aromatic rings. The van der Waals surface area contributed by atoms with Gasteiger partial charge in [-0.2, -0.15) is 0 Å². The zero-order valence-electron chi connectivity index (χ0n) is 16.8. The second kappa shape index (κ2) is 10.6. The molecule has 6 heteroatoms. The van der Waals surface area contributed by atoms with Crippen molar-refractivity contribution in [3.63, 3.8) is 0 Å². The Labute approximate surface area is 163 Å². The van der Waals surface area contributed by atoms with Gasteiger partial charge in [-0.1, -0.05) is 24.3 Å². The summed E-state index contributed by atoms with van der Waals surface area (Å²) in [5, 5.41) is 3.53. The number of nitrogens with one attached hydrogen (secondary N) is 1. The van der Waals surface area contributed by atoms with Gasteiger partial charge in [0.1, 0.15) is 0 Å². The van der Waals surface area contributed by atoms with Crippen LogP contribution in [0.15, 0.2) is 29.3 Å². The number of ether oxygens (including phenoxy) is 2. The van der Waals surface area contributed by atoms with E-state index < -0.39 is 0 Å². The van der Waals surface area contributed by atoms with E-state index >= 15 is 0 Å². The molecule has 0 aliphatic carbocycles. The number of rotatable bonds is 6. The van der Waals surface area contributed by atoms with Crippen LogP contribution in [0.4, 0.5) is 0 Å². The predicted molar refractivity (Wildman–Crippen MR) is 109 cm³/mol. The Balaban J connectivity index is 1.49. The van der Waals surface area contributed by atoms with E-state index in [1.807, 2.05) is 7.05 Å². The van der Waals surface area contributed by atoms with E-state index in [-0.39, 0.29) is 0 Å². The predicted octanol–water partition coefficient (Wildman–Crippen LogP) is 2.10. The van der Waals surface area contributed by atoms with Crippen molar-refractivity contribution in [2.45, 2.75) is 39.0 Å². The van der Waals surface area contributed by atoms with Gasteiger partial charge in [-0.25, -0.2) is 0 Å². The van der Waals surface area contributed by atoms with Crippen LogP contribution >= 0.6 is 0 Å². The van der Waals surface area contributed by atoms with E-state index in [4.69, 9.17) is 9.47 Å². The van der Waals surface area contributed by atoms with Crippen molar-refractivity contribution < 1.29 is 9.47 Å². The van der Waals surface area contributed by atoms with Crippen LogP contribution < -0.4 is 5.32 Å². The topological polar surface area (TPSA) is 49.3 Å². The van der Waals surface area contributed by atoms with E-state index in [0.29, 0.717) is 6.10 Å². The molecule has 6 nitrogen and oxygen atoms in total. The fourth-order valence-corrected chi connectivity index (χ4v) is 3.84. The van der Waals surface area contributed by atoms with Gasteiger partial charge in [0.2, 0.25) is 0 Å². The van der Waals surface area contributed by atoms with E-state index in [1.54, 1.807) is 0 Å². The highest BCUT2D eigenvalue weighted by Gasteiger charge is 2.21. The van der Waals surface area contributed by atoms with Crippen LogP contribution in [-0.4, -0.2) is 74.9 Å². The van der Waals surface area contributed by atoms with Crippen LogP contribution in [0, 0.1) is 0 Å². The standard InChI is InChI=1S/C21H34N4O2/c1-3-27-20-7-9-25(10-8-20)21(22-2)23-16-18-5-4-6-19(15-18)17-24-11-13-26-14-12-24/h4-6,15,20H,3,7-14,16-17H2,1-2H3,(H,22,23). The zero-order valence-corrected chi connectivity index (χ0v) is 16.8. The highest BCUT2D eigenvalue weighted by molar-refractivity contribution is 5.79. The summed E-state index contributed by atoms with van der Waals surface area (Å²) in [6, 6.07) is 8.86. The minimum absolute atomic E-state index is 0.404. The van der Waals surface area contributed by atoms with Gasteiger partial charge in [-0.3, -0.25) is 9.89 Å². The zero-order chi connectivity index (χ0) is 18.9. The smallest absolute Gasteiger partial charge is 0.193 e. The molecule has 27 heavy (non-hydrogen) atoms. The van der Waals surface area contributed by atoms with Gasteiger partial charge in [0.05, 0.1) is 19.3 Å². The van der Waals surface area contributed by atoms with Crippen molar-refractivity contribution in [1.82, 2.24) is 15.1 Å². The average Bonchev–Trinajstić information content (AvgIpc) is 2.71. The number of nitrogens with zero attached hydrogens (tertiary/aromatic N) is 3. The molecular formula is C21H34N4O2. The van der Waals surface area contributed by atoms with Gasteiger partial charge in [-0.05, 0) is 30.9 Å². The molecule has 1 N–H and O–H groups in total. The van der Waals surface area contributed by atoms with E-state index in [2.05, 4.69) is 51.3 Å². The molecule has 2 aliphatic rings. The number of piperidine rings is 1. The molecule has 0 radical (unpaired) electrons. The minimum atomic E-state index is 0.404. The van der Waals surface area contributed by atoms with Crippen LogP contribution in [0.3, 0.4) is 0 Å². The molecule has 0 atom stereocenters. The maximum absolute atomic E-state index is 5.75. The normalized spacial score (nSPS) is 20.1. The highest BCUT2D eigenvalue weighted by atomic mass is 16.5. The second-order valence-corrected chi connectivity index (χ2v) is 7.25. The number of hydrogen-bond donors (Lipinski definition) is 1. The maximum atomic E-state index is 5.75. The lowest BCUT2D eigenvalue weighted by atomic mass is 10.1.